The molecule has 0 aromatic heterocycles. The third-order valence-corrected chi connectivity index (χ3v) is 3.06. The van der Waals surface area contributed by atoms with Gasteiger partial charge in [-0.1, -0.05) is 44.2 Å². The number of carboxylic acids is 1. The molecule has 0 spiro atoms. The number of nitrogens with one attached hydrogen (secondary N) is 1. The fraction of sp³-hybridized carbons (Fsp3) is 0.467. The van der Waals surface area contributed by atoms with Crippen molar-refractivity contribution >= 4 is 12.1 Å². The Kier molecular flexibility index (Phi) is 6.56. The Balaban J connectivity index is 2.25. The smallest absolute Gasteiger partial charge is 0.407 e. The van der Waals surface area contributed by atoms with Gasteiger partial charge in [0, 0.05) is 6.54 Å². The first kappa shape index (κ1) is 16.0. The van der Waals surface area contributed by atoms with Crippen molar-refractivity contribution in [1.82, 2.24) is 5.32 Å². The van der Waals surface area contributed by atoms with Gasteiger partial charge in [-0.25, -0.2) is 4.79 Å². The van der Waals surface area contributed by atoms with Gasteiger partial charge in [0.1, 0.15) is 6.61 Å². The van der Waals surface area contributed by atoms with Gasteiger partial charge in [0.05, 0.1) is 5.92 Å². The normalized spacial score (nSPS) is 11.9. The number of benzene rings is 1. The Morgan fingerprint density at radius 2 is 1.90 bits per heavy atom. The lowest BCUT2D eigenvalue weighted by molar-refractivity contribution is -0.143. The maximum atomic E-state index is 11.5. The van der Waals surface area contributed by atoms with Crippen molar-refractivity contribution in [2.24, 2.45) is 11.8 Å². The molecular formula is C15H21NO4. The van der Waals surface area contributed by atoms with Crippen LogP contribution in [-0.4, -0.2) is 23.7 Å². The van der Waals surface area contributed by atoms with Crippen molar-refractivity contribution in [2.45, 2.75) is 26.9 Å². The molecule has 2 N–H and O–H groups in total. The monoisotopic (exact) mass is 279 g/mol. The lowest BCUT2D eigenvalue weighted by Gasteiger charge is -2.16. The van der Waals surface area contributed by atoms with Crippen molar-refractivity contribution in [2.75, 3.05) is 6.54 Å². The Bertz CT molecular complexity index is 431. The third kappa shape index (κ3) is 5.73. The molecule has 5 heteroatoms. The van der Waals surface area contributed by atoms with E-state index in [1.54, 1.807) is 0 Å². The second kappa shape index (κ2) is 8.19. The van der Waals surface area contributed by atoms with Crippen LogP contribution in [0.2, 0.25) is 0 Å². The Labute approximate surface area is 118 Å². The second-order valence-corrected chi connectivity index (χ2v) is 4.97. The van der Waals surface area contributed by atoms with Crippen molar-refractivity contribution in [3.05, 3.63) is 35.9 Å². The van der Waals surface area contributed by atoms with Gasteiger partial charge in [-0.15, -0.1) is 0 Å². The molecule has 0 fully saturated rings. The predicted molar refractivity (Wildman–Crippen MR) is 75.2 cm³/mol. The van der Waals surface area contributed by atoms with Crippen molar-refractivity contribution in [3.63, 3.8) is 0 Å². The predicted octanol–water partition coefficient (Wildman–Crippen LogP) is 2.66. The fourth-order valence-electron chi connectivity index (χ4n) is 1.85. The molecule has 5 nitrogen and oxygen atoms in total. The second-order valence-electron chi connectivity index (χ2n) is 4.97. The molecule has 0 radical (unpaired) electrons. The van der Waals surface area contributed by atoms with E-state index in [9.17, 15) is 9.59 Å². The van der Waals surface area contributed by atoms with Gasteiger partial charge in [-0.2, -0.15) is 0 Å². The highest BCUT2D eigenvalue weighted by atomic mass is 16.5. The van der Waals surface area contributed by atoms with E-state index in [1.165, 1.54) is 0 Å². The van der Waals surface area contributed by atoms with Crippen molar-refractivity contribution in [1.29, 1.82) is 0 Å². The molecule has 0 saturated heterocycles. The zero-order chi connectivity index (χ0) is 15.0. The molecule has 0 aliphatic rings. The number of carbonyl (C=O) groups is 2. The quantitative estimate of drug-likeness (QED) is 0.804. The molecule has 0 saturated carbocycles. The van der Waals surface area contributed by atoms with Crippen molar-refractivity contribution < 1.29 is 19.4 Å². The number of ether oxygens (including phenoxy) is 1. The van der Waals surface area contributed by atoms with Gasteiger partial charge in [0.25, 0.3) is 0 Å². The maximum absolute atomic E-state index is 11.5. The molecule has 1 amide bonds. The van der Waals surface area contributed by atoms with Gasteiger partial charge < -0.3 is 15.2 Å². The number of hydrogen-bond acceptors (Lipinski definition) is 3. The number of alkyl carbamates (subject to hydrolysis) is 1. The van der Waals surface area contributed by atoms with E-state index in [0.717, 1.165) is 5.56 Å². The summed E-state index contributed by atoms with van der Waals surface area (Å²) in [4.78, 5) is 22.4. The van der Waals surface area contributed by atoms with E-state index in [2.05, 4.69) is 5.32 Å². The summed E-state index contributed by atoms with van der Waals surface area (Å²) in [5.74, 6) is -1.25. The molecule has 0 aliphatic heterocycles. The Morgan fingerprint density at radius 1 is 1.25 bits per heavy atom. The van der Waals surface area contributed by atoms with E-state index in [1.807, 2.05) is 44.2 Å². The number of carboxylic acid groups (broad SMARTS) is 1. The molecule has 1 unspecified atom stereocenters. The van der Waals surface area contributed by atoms with E-state index in [0.29, 0.717) is 13.0 Å². The van der Waals surface area contributed by atoms with Crippen LogP contribution in [0.15, 0.2) is 30.3 Å². The van der Waals surface area contributed by atoms with Crippen LogP contribution >= 0.6 is 0 Å². The third-order valence-electron chi connectivity index (χ3n) is 3.06. The van der Waals surface area contributed by atoms with Crippen LogP contribution in [0.3, 0.4) is 0 Å². The van der Waals surface area contributed by atoms with Crippen LogP contribution < -0.4 is 5.32 Å². The molecular weight excluding hydrogens is 258 g/mol. The Hall–Kier alpha value is -2.04. The van der Waals surface area contributed by atoms with Gasteiger partial charge >= 0.3 is 12.1 Å². The van der Waals surface area contributed by atoms with E-state index in [-0.39, 0.29) is 12.5 Å². The van der Waals surface area contributed by atoms with E-state index >= 15 is 0 Å². The SMILES string of the molecule is CC(C)C(CCNC(=O)OCc1ccccc1)C(=O)O. The molecule has 20 heavy (non-hydrogen) atoms. The van der Waals surface area contributed by atoms with Gasteiger partial charge in [0.2, 0.25) is 0 Å². The average Bonchev–Trinajstić information content (AvgIpc) is 2.41. The summed E-state index contributed by atoms with van der Waals surface area (Å²) in [6, 6.07) is 9.37. The maximum Gasteiger partial charge on any atom is 0.407 e. The standard InChI is InChI=1S/C15H21NO4/c1-11(2)13(14(17)18)8-9-16-15(19)20-10-12-6-4-3-5-7-12/h3-7,11,13H,8-10H2,1-2H3,(H,16,19)(H,17,18). The van der Waals surface area contributed by atoms with E-state index in [4.69, 9.17) is 9.84 Å². The van der Waals surface area contributed by atoms with Crippen LogP contribution in [0.4, 0.5) is 4.79 Å². The minimum Gasteiger partial charge on any atom is -0.481 e. The molecule has 1 atom stereocenters. The van der Waals surface area contributed by atoms with Crippen LogP contribution in [0.5, 0.6) is 0 Å². The highest BCUT2D eigenvalue weighted by molar-refractivity contribution is 5.70. The largest absolute Gasteiger partial charge is 0.481 e. The molecule has 110 valence electrons. The first-order chi connectivity index (χ1) is 9.50. The number of carbonyl (C=O) groups excluding carboxylic acids is 1. The molecule has 0 heterocycles. The summed E-state index contributed by atoms with van der Waals surface area (Å²) in [5, 5.41) is 11.6. The number of hydrogen-bond donors (Lipinski definition) is 2. The summed E-state index contributed by atoms with van der Waals surface area (Å²) < 4.78 is 5.03. The lowest BCUT2D eigenvalue weighted by Crippen LogP contribution is -2.30. The number of amides is 1. The minimum absolute atomic E-state index is 0.0367. The van der Waals surface area contributed by atoms with Gasteiger partial charge in [0.15, 0.2) is 0 Å². The summed E-state index contributed by atoms with van der Waals surface area (Å²) in [5.41, 5.74) is 0.910. The lowest BCUT2D eigenvalue weighted by atomic mass is 9.93. The minimum atomic E-state index is -0.834. The number of aliphatic carboxylic acids is 1. The molecule has 1 aromatic rings. The highest BCUT2D eigenvalue weighted by Gasteiger charge is 2.21. The average molecular weight is 279 g/mol. The molecule has 0 aliphatic carbocycles. The van der Waals surface area contributed by atoms with Crippen LogP contribution in [0.1, 0.15) is 25.8 Å². The fourth-order valence-corrected chi connectivity index (χ4v) is 1.85. The number of rotatable bonds is 7. The first-order valence-electron chi connectivity index (χ1n) is 6.68. The Morgan fingerprint density at radius 3 is 2.45 bits per heavy atom. The summed E-state index contributed by atoms with van der Waals surface area (Å²) in [6.45, 7) is 4.21. The van der Waals surface area contributed by atoms with Gasteiger partial charge in [-0.3, -0.25) is 4.79 Å². The summed E-state index contributed by atoms with van der Waals surface area (Å²) in [7, 11) is 0. The first-order valence-corrected chi connectivity index (χ1v) is 6.68. The summed E-state index contributed by atoms with van der Waals surface area (Å²) >= 11 is 0. The van der Waals surface area contributed by atoms with Crippen LogP contribution in [0.25, 0.3) is 0 Å². The molecule has 1 aromatic carbocycles. The zero-order valence-electron chi connectivity index (χ0n) is 11.8. The summed E-state index contributed by atoms with van der Waals surface area (Å²) in [6.07, 6.45) is -0.130. The zero-order valence-corrected chi connectivity index (χ0v) is 11.8. The molecule has 1 rings (SSSR count). The van der Waals surface area contributed by atoms with Crippen LogP contribution in [-0.2, 0) is 16.1 Å². The van der Waals surface area contributed by atoms with E-state index < -0.39 is 18.0 Å². The highest BCUT2D eigenvalue weighted by Crippen LogP contribution is 2.14. The van der Waals surface area contributed by atoms with Crippen molar-refractivity contribution in [3.8, 4) is 0 Å². The van der Waals surface area contributed by atoms with Crippen LogP contribution in [0, 0.1) is 11.8 Å². The molecule has 0 bridgehead atoms. The van der Waals surface area contributed by atoms with Gasteiger partial charge in [-0.05, 0) is 17.9 Å². The topological polar surface area (TPSA) is 75.6 Å².